The smallest absolute Gasteiger partial charge is 0.159 e. The Kier molecular flexibility index (Phi) is 5.55. The number of aliphatic imine (C=N–C) groups is 1. The molecule has 3 aromatic rings. The lowest BCUT2D eigenvalue weighted by atomic mass is 10.1. The van der Waals surface area contributed by atoms with Crippen LogP contribution in [0.25, 0.3) is 5.69 Å². The maximum atomic E-state index is 11.4. The molecule has 0 saturated heterocycles. The molecule has 0 spiro atoms. The van der Waals surface area contributed by atoms with Crippen molar-refractivity contribution in [2.75, 3.05) is 6.61 Å². The highest BCUT2D eigenvalue weighted by molar-refractivity contribution is 5.94. The molecule has 4 heteroatoms. The van der Waals surface area contributed by atoms with Gasteiger partial charge >= 0.3 is 0 Å². The van der Waals surface area contributed by atoms with Gasteiger partial charge in [0, 0.05) is 34.4 Å². The highest BCUT2D eigenvalue weighted by Crippen LogP contribution is 2.23. The number of hydrogen-bond donors (Lipinski definition) is 0. The van der Waals surface area contributed by atoms with Crippen LogP contribution in [-0.4, -0.2) is 23.2 Å². The molecular formula is C23H24N2O2. The summed E-state index contributed by atoms with van der Waals surface area (Å²) in [4.78, 5) is 15.9. The van der Waals surface area contributed by atoms with Gasteiger partial charge in [0.25, 0.3) is 0 Å². The van der Waals surface area contributed by atoms with E-state index >= 15 is 0 Å². The fourth-order valence-corrected chi connectivity index (χ4v) is 3.10. The van der Waals surface area contributed by atoms with Crippen LogP contribution in [0, 0.1) is 13.8 Å². The molecule has 0 aliphatic heterocycles. The van der Waals surface area contributed by atoms with Crippen LogP contribution in [0.15, 0.2) is 59.6 Å². The van der Waals surface area contributed by atoms with Crippen molar-refractivity contribution < 1.29 is 9.53 Å². The van der Waals surface area contributed by atoms with Crippen LogP contribution in [0.4, 0.5) is 5.69 Å². The largest absolute Gasteiger partial charge is 0.494 e. The van der Waals surface area contributed by atoms with E-state index in [9.17, 15) is 4.79 Å². The molecule has 1 aromatic heterocycles. The normalized spacial score (nSPS) is 11.1. The summed E-state index contributed by atoms with van der Waals surface area (Å²) in [6, 6.07) is 17.6. The van der Waals surface area contributed by atoms with E-state index in [-0.39, 0.29) is 5.78 Å². The Hall–Kier alpha value is -3.14. The Balaban J connectivity index is 1.85. The van der Waals surface area contributed by atoms with Crippen LogP contribution >= 0.6 is 0 Å². The van der Waals surface area contributed by atoms with E-state index in [1.807, 2.05) is 37.4 Å². The summed E-state index contributed by atoms with van der Waals surface area (Å²) in [5, 5.41) is 0. The van der Waals surface area contributed by atoms with Crippen LogP contribution in [0.1, 0.15) is 41.2 Å². The van der Waals surface area contributed by atoms with E-state index in [1.165, 1.54) is 0 Å². The van der Waals surface area contributed by atoms with Gasteiger partial charge < -0.3 is 9.30 Å². The monoisotopic (exact) mass is 360 g/mol. The lowest BCUT2D eigenvalue weighted by molar-refractivity contribution is 0.101. The van der Waals surface area contributed by atoms with Gasteiger partial charge in [-0.15, -0.1) is 0 Å². The minimum atomic E-state index is 0.0597. The molecule has 0 fully saturated rings. The van der Waals surface area contributed by atoms with Crippen molar-refractivity contribution in [3.05, 3.63) is 77.1 Å². The van der Waals surface area contributed by atoms with Crippen molar-refractivity contribution >= 4 is 17.7 Å². The molecule has 0 saturated carbocycles. The Bertz CT molecular complexity index is 965. The maximum Gasteiger partial charge on any atom is 0.159 e. The fraction of sp³-hybridized carbons (Fsp3) is 0.217. The predicted octanol–water partition coefficient (Wildman–Crippen LogP) is 5.45. The zero-order chi connectivity index (χ0) is 19.4. The lowest BCUT2D eigenvalue weighted by Crippen LogP contribution is -2.00. The first kappa shape index (κ1) is 18.6. The van der Waals surface area contributed by atoms with E-state index < -0.39 is 0 Å². The van der Waals surface area contributed by atoms with Gasteiger partial charge in [0.05, 0.1) is 12.3 Å². The Labute approximate surface area is 160 Å². The Morgan fingerprint density at radius 3 is 2.33 bits per heavy atom. The second-order valence-electron chi connectivity index (χ2n) is 6.45. The molecule has 27 heavy (non-hydrogen) atoms. The molecule has 138 valence electrons. The number of ketones is 1. The molecular weight excluding hydrogens is 336 g/mol. The average molecular weight is 360 g/mol. The first-order valence-corrected chi connectivity index (χ1v) is 9.07. The quantitative estimate of drug-likeness (QED) is 0.433. The number of benzene rings is 2. The lowest BCUT2D eigenvalue weighted by Gasteiger charge is -2.10. The molecule has 0 amide bonds. The molecule has 1 heterocycles. The highest BCUT2D eigenvalue weighted by atomic mass is 16.5. The summed E-state index contributed by atoms with van der Waals surface area (Å²) in [5.74, 6) is 0.934. The Morgan fingerprint density at radius 2 is 1.74 bits per heavy atom. The van der Waals surface area contributed by atoms with Gasteiger partial charge in [-0.25, -0.2) is 0 Å². The van der Waals surface area contributed by atoms with Crippen molar-refractivity contribution in [2.24, 2.45) is 4.99 Å². The highest BCUT2D eigenvalue weighted by Gasteiger charge is 2.09. The van der Waals surface area contributed by atoms with Gasteiger partial charge in [0.1, 0.15) is 5.75 Å². The fourth-order valence-electron chi connectivity index (χ4n) is 3.10. The number of nitrogens with zero attached hydrogens (tertiary/aromatic N) is 2. The van der Waals surface area contributed by atoms with Crippen molar-refractivity contribution in [1.29, 1.82) is 0 Å². The first-order chi connectivity index (χ1) is 13.0. The zero-order valence-corrected chi connectivity index (χ0v) is 16.2. The van der Waals surface area contributed by atoms with Gasteiger partial charge in [0.2, 0.25) is 0 Å². The summed E-state index contributed by atoms with van der Waals surface area (Å²) in [7, 11) is 0. The molecule has 2 aromatic carbocycles. The summed E-state index contributed by atoms with van der Waals surface area (Å²) < 4.78 is 7.73. The second-order valence-corrected chi connectivity index (χ2v) is 6.45. The van der Waals surface area contributed by atoms with Crippen LogP contribution < -0.4 is 4.74 Å². The summed E-state index contributed by atoms with van der Waals surface area (Å²) in [6.45, 7) is 8.38. The van der Waals surface area contributed by atoms with E-state index in [0.29, 0.717) is 12.2 Å². The van der Waals surface area contributed by atoms with E-state index in [0.717, 1.165) is 34.1 Å². The van der Waals surface area contributed by atoms with E-state index in [2.05, 4.69) is 41.6 Å². The number of aromatic nitrogens is 1. The van der Waals surface area contributed by atoms with Crippen LogP contribution in [0.5, 0.6) is 5.75 Å². The Morgan fingerprint density at radius 1 is 1.07 bits per heavy atom. The third kappa shape index (κ3) is 4.17. The number of ether oxygens (including phenoxy) is 1. The van der Waals surface area contributed by atoms with E-state index in [1.54, 1.807) is 19.1 Å². The number of hydrogen-bond acceptors (Lipinski definition) is 3. The molecule has 0 unspecified atom stereocenters. The minimum absolute atomic E-state index is 0.0597. The van der Waals surface area contributed by atoms with Crippen LogP contribution in [0.2, 0.25) is 0 Å². The molecule has 4 nitrogen and oxygen atoms in total. The molecule has 0 aliphatic rings. The average Bonchev–Trinajstić information content (AvgIpc) is 2.95. The van der Waals surface area contributed by atoms with Gasteiger partial charge in [0.15, 0.2) is 5.78 Å². The second kappa shape index (κ2) is 8.04. The van der Waals surface area contributed by atoms with Crippen molar-refractivity contribution in [1.82, 2.24) is 4.57 Å². The molecule has 0 radical (unpaired) electrons. The first-order valence-electron chi connectivity index (χ1n) is 9.07. The van der Waals surface area contributed by atoms with Gasteiger partial charge in [-0.3, -0.25) is 9.79 Å². The third-order valence-electron chi connectivity index (χ3n) is 4.50. The number of rotatable bonds is 6. The van der Waals surface area contributed by atoms with Crippen LogP contribution in [-0.2, 0) is 0 Å². The van der Waals surface area contributed by atoms with Gasteiger partial charge in [-0.2, -0.15) is 0 Å². The zero-order valence-electron chi connectivity index (χ0n) is 16.2. The van der Waals surface area contributed by atoms with E-state index in [4.69, 9.17) is 4.74 Å². The van der Waals surface area contributed by atoms with Gasteiger partial charge in [-0.05, 0) is 82.3 Å². The molecule has 0 atom stereocenters. The number of aryl methyl sites for hydroxylation is 1. The maximum absolute atomic E-state index is 11.4. The molecule has 0 N–H and O–H groups in total. The van der Waals surface area contributed by atoms with Crippen molar-refractivity contribution in [2.45, 2.75) is 27.7 Å². The number of Topliss-reactive ketones (excluding diaryl/α,β-unsaturated/α-hetero) is 1. The number of carbonyl (C=O) groups excluding carboxylic acids is 1. The number of carbonyl (C=O) groups is 1. The molecule has 0 bridgehead atoms. The SMILES string of the molecule is CCOc1ccc(-n2c(C)cc(C=Nc3ccc(C(C)=O)cc3)c2C)cc1. The van der Waals surface area contributed by atoms with Crippen molar-refractivity contribution in [3.63, 3.8) is 0 Å². The summed E-state index contributed by atoms with van der Waals surface area (Å²) in [6.07, 6.45) is 1.87. The molecule has 0 aliphatic carbocycles. The summed E-state index contributed by atoms with van der Waals surface area (Å²) in [5.41, 5.74) is 5.95. The molecule has 3 rings (SSSR count). The van der Waals surface area contributed by atoms with Crippen molar-refractivity contribution in [3.8, 4) is 11.4 Å². The minimum Gasteiger partial charge on any atom is -0.494 e. The topological polar surface area (TPSA) is 43.6 Å². The predicted molar refractivity (Wildman–Crippen MR) is 110 cm³/mol. The van der Waals surface area contributed by atoms with Gasteiger partial charge in [-0.1, -0.05) is 0 Å². The van der Waals surface area contributed by atoms with Crippen LogP contribution in [0.3, 0.4) is 0 Å². The summed E-state index contributed by atoms with van der Waals surface area (Å²) >= 11 is 0. The third-order valence-corrected chi connectivity index (χ3v) is 4.50. The standard InChI is InChI=1S/C23H24N2O2/c1-5-27-23-12-10-22(11-13-23)25-16(2)14-20(17(25)3)15-24-21-8-6-19(7-9-21)18(4)26/h6-15H,5H2,1-4H3.